The maximum atomic E-state index is 6.23. The van der Waals surface area contributed by atoms with Gasteiger partial charge < -0.3 is 10.5 Å². The van der Waals surface area contributed by atoms with Gasteiger partial charge in [0.1, 0.15) is 12.4 Å². The molecular formula is C21H27ClN2O. The molecule has 1 saturated heterocycles. The minimum Gasteiger partial charge on any atom is -0.489 e. The normalized spacial score (nSPS) is 25.4. The van der Waals surface area contributed by atoms with Crippen LogP contribution in [0.4, 0.5) is 0 Å². The van der Waals surface area contributed by atoms with Crippen molar-refractivity contribution in [2.75, 3.05) is 13.1 Å². The zero-order valence-electron chi connectivity index (χ0n) is 14.5. The standard InChI is InChI=1S/C21H26N2O.ClH/c22-21-11-8-18-13-23(14-20(18)21)12-16-6-9-19(10-7-16)24-15-17-4-2-1-3-5-17;/h1-7,9-10,18,20-21H,8,11-15,22H2;1H. The van der Waals surface area contributed by atoms with Crippen molar-refractivity contribution in [2.24, 2.45) is 17.6 Å². The third-order valence-electron chi connectivity index (χ3n) is 5.57. The molecule has 1 saturated carbocycles. The van der Waals surface area contributed by atoms with Crippen LogP contribution < -0.4 is 10.5 Å². The van der Waals surface area contributed by atoms with E-state index in [2.05, 4.69) is 41.3 Å². The summed E-state index contributed by atoms with van der Waals surface area (Å²) in [5.74, 6) is 2.48. The molecule has 25 heavy (non-hydrogen) atoms. The van der Waals surface area contributed by atoms with E-state index in [0.717, 1.165) is 30.7 Å². The number of hydrogen-bond donors (Lipinski definition) is 1. The number of benzene rings is 2. The average Bonchev–Trinajstić information content (AvgIpc) is 3.17. The molecule has 1 aliphatic carbocycles. The van der Waals surface area contributed by atoms with Crippen molar-refractivity contribution in [1.82, 2.24) is 4.90 Å². The second kappa shape index (κ2) is 8.22. The zero-order chi connectivity index (χ0) is 16.4. The van der Waals surface area contributed by atoms with Crippen LogP contribution in [0.15, 0.2) is 54.6 Å². The average molecular weight is 359 g/mol. The van der Waals surface area contributed by atoms with E-state index in [1.54, 1.807) is 0 Å². The van der Waals surface area contributed by atoms with Gasteiger partial charge >= 0.3 is 0 Å². The van der Waals surface area contributed by atoms with Crippen LogP contribution >= 0.6 is 12.4 Å². The fourth-order valence-corrected chi connectivity index (χ4v) is 4.22. The smallest absolute Gasteiger partial charge is 0.119 e. The molecular weight excluding hydrogens is 332 g/mol. The van der Waals surface area contributed by atoms with Crippen LogP contribution in [0.5, 0.6) is 5.75 Å². The van der Waals surface area contributed by atoms with E-state index >= 15 is 0 Å². The predicted molar refractivity (Wildman–Crippen MR) is 104 cm³/mol. The van der Waals surface area contributed by atoms with E-state index in [1.165, 1.54) is 30.5 Å². The Kier molecular flexibility index (Phi) is 6.00. The van der Waals surface area contributed by atoms with Crippen molar-refractivity contribution in [2.45, 2.75) is 32.0 Å². The molecule has 3 unspecified atom stereocenters. The molecule has 1 aliphatic heterocycles. The highest BCUT2D eigenvalue weighted by atomic mass is 35.5. The van der Waals surface area contributed by atoms with E-state index in [9.17, 15) is 0 Å². The van der Waals surface area contributed by atoms with Crippen LogP contribution in [0.1, 0.15) is 24.0 Å². The molecule has 2 aromatic carbocycles. The molecule has 2 aromatic rings. The van der Waals surface area contributed by atoms with Gasteiger partial charge in [0, 0.05) is 25.7 Å². The van der Waals surface area contributed by atoms with Crippen molar-refractivity contribution < 1.29 is 4.74 Å². The summed E-state index contributed by atoms with van der Waals surface area (Å²) < 4.78 is 5.86. The molecule has 0 bridgehead atoms. The number of ether oxygens (including phenoxy) is 1. The Morgan fingerprint density at radius 2 is 1.68 bits per heavy atom. The second-order valence-electron chi connectivity index (χ2n) is 7.28. The molecule has 2 N–H and O–H groups in total. The molecule has 0 amide bonds. The summed E-state index contributed by atoms with van der Waals surface area (Å²) in [6, 6.07) is 19.3. The second-order valence-corrected chi connectivity index (χ2v) is 7.28. The van der Waals surface area contributed by atoms with Gasteiger partial charge in [0.25, 0.3) is 0 Å². The molecule has 0 spiro atoms. The highest BCUT2D eigenvalue weighted by Gasteiger charge is 2.40. The Hall–Kier alpha value is -1.55. The molecule has 1 heterocycles. The minimum atomic E-state index is 0. The summed E-state index contributed by atoms with van der Waals surface area (Å²) >= 11 is 0. The van der Waals surface area contributed by atoms with Gasteiger partial charge in [0.2, 0.25) is 0 Å². The number of fused-ring (bicyclic) bond motifs is 1. The van der Waals surface area contributed by atoms with Gasteiger partial charge in [-0.2, -0.15) is 0 Å². The quantitative estimate of drug-likeness (QED) is 0.882. The molecule has 134 valence electrons. The first kappa shape index (κ1) is 18.2. The lowest BCUT2D eigenvalue weighted by atomic mass is 9.98. The summed E-state index contributed by atoms with van der Waals surface area (Å²) in [7, 11) is 0. The number of nitrogens with two attached hydrogens (primary N) is 1. The summed E-state index contributed by atoms with van der Waals surface area (Å²) in [6.45, 7) is 4.02. The maximum Gasteiger partial charge on any atom is 0.119 e. The molecule has 0 aromatic heterocycles. The van der Waals surface area contributed by atoms with E-state index in [0.29, 0.717) is 12.6 Å². The molecule has 3 atom stereocenters. The monoisotopic (exact) mass is 358 g/mol. The van der Waals surface area contributed by atoms with Crippen LogP contribution in [0.3, 0.4) is 0 Å². The Bertz CT molecular complexity index is 661. The molecule has 4 rings (SSSR count). The van der Waals surface area contributed by atoms with Gasteiger partial charge in [0.15, 0.2) is 0 Å². The summed E-state index contributed by atoms with van der Waals surface area (Å²) in [6.07, 6.45) is 2.53. The van der Waals surface area contributed by atoms with Gasteiger partial charge in [-0.1, -0.05) is 42.5 Å². The van der Waals surface area contributed by atoms with Crippen LogP contribution in [0.25, 0.3) is 0 Å². The summed E-state index contributed by atoms with van der Waals surface area (Å²) in [5, 5.41) is 0. The Labute approximate surface area is 156 Å². The summed E-state index contributed by atoms with van der Waals surface area (Å²) in [4.78, 5) is 2.56. The SMILES string of the molecule is Cl.NC1CCC2CN(Cc3ccc(OCc4ccccc4)cc3)CC12. The number of halogens is 1. The number of hydrogen-bond acceptors (Lipinski definition) is 3. The van der Waals surface area contributed by atoms with E-state index in [-0.39, 0.29) is 12.4 Å². The lowest BCUT2D eigenvalue weighted by molar-refractivity contribution is 0.296. The maximum absolute atomic E-state index is 6.23. The third-order valence-corrected chi connectivity index (χ3v) is 5.57. The third kappa shape index (κ3) is 4.35. The topological polar surface area (TPSA) is 38.5 Å². The number of rotatable bonds is 5. The van der Waals surface area contributed by atoms with Crippen molar-refractivity contribution in [3.05, 3.63) is 65.7 Å². The highest BCUT2D eigenvalue weighted by Crippen LogP contribution is 2.37. The van der Waals surface area contributed by atoms with E-state index in [4.69, 9.17) is 10.5 Å². The minimum absolute atomic E-state index is 0. The first-order chi connectivity index (χ1) is 11.8. The van der Waals surface area contributed by atoms with Crippen LogP contribution in [-0.2, 0) is 13.2 Å². The lowest BCUT2D eigenvalue weighted by Gasteiger charge is -2.18. The summed E-state index contributed by atoms with van der Waals surface area (Å²) in [5.41, 5.74) is 8.79. The fourth-order valence-electron chi connectivity index (χ4n) is 4.22. The van der Waals surface area contributed by atoms with Crippen LogP contribution in [0, 0.1) is 11.8 Å². The van der Waals surface area contributed by atoms with Crippen molar-refractivity contribution in [3.8, 4) is 5.75 Å². The largest absolute Gasteiger partial charge is 0.489 e. The van der Waals surface area contributed by atoms with Crippen molar-refractivity contribution in [3.63, 3.8) is 0 Å². The Morgan fingerprint density at radius 3 is 2.40 bits per heavy atom. The van der Waals surface area contributed by atoms with Gasteiger partial charge in [-0.3, -0.25) is 4.90 Å². The van der Waals surface area contributed by atoms with Gasteiger partial charge in [0.05, 0.1) is 0 Å². The highest BCUT2D eigenvalue weighted by molar-refractivity contribution is 5.85. The van der Waals surface area contributed by atoms with Gasteiger partial charge in [-0.05, 0) is 47.9 Å². The molecule has 3 nitrogen and oxygen atoms in total. The lowest BCUT2D eigenvalue weighted by Crippen LogP contribution is -2.30. The molecule has 2 aliphatic rings. The first-order valence-corrected chi connectivity index (χ1v) is 9.01. The molecule has 2 fully saturated rings. The number of nitrogens with zero attached hydrogens (tertiary/aromatic N) is 1. The van der Waals surface area contributed by atoms with Crippen LogP contribution in [0.2, 0.25) is 0 Å². The molecule has 4 heteroatoms. The zero-order valence-corrected chi connectivity index (χ0v) is 15.3. The van der Waals surface area contributed by atoms with Gasteiger partial charge in [-0.15, -0.1) is 12.4 Å². The Balaban J connectivity index is 0.00000182. The number of likely N-dealkylation sites (tertiary alicyclic amines) is 1. The van der Waals surface area contributed by atoms with E-state index < -0.39 is 0 Å². The van der Waals surface area contributed by atoms with E-state index in [1.807, 2.05) is 18.2 Å². The van der Waals surface area contributed by atoms with Crippen molar-refractivity contribution in [1.29, 1.82) is 0 Å². The Morgan fingerprint density at radius 1 is 0.920 bits per heavy atom. The van der Waals surface area contributed by atoms with Gasteiger partial charge in [-0.25, -0.2) is 0 Å². The first-order valence-electron chi connectivity index (χ1n) is 9.01. The molecule has 0 radical (unpaired) electrons. The van der Waals surface area contributed by atoms with Crippen molar-refractivity contribution >= 4 is 12.4 Å². The van der Waals surface area contributed by atoms with Crippen LogP contribution in [-0.4, -0.2) is 24.0 Å². The fraction of sp³-hybridized carbons (Fsp3) is 0.429. The predicted octanol–water partition coefficient (Wildman–Crippen LogP) is 3.86.